The van der Waals surface area contributed by atoms with Gasteiger partial charge in [0.25, 0.3) is 11.8 Å². The first-order valence-corrected chi connectivity index (χ1v) is 21.5. The molecule has 4 aliphatic rings. The molecule has 9 rings (SSSR count). The van der Waals surface area contributed by atoms with Gasteiger partial charge in [-0.05, 0) is 80.5 Å². The molecule has 1 unspecified atom stereocenters. The average molecular weight is 861 g/mol. The summed E-state index contributed by atoms with van der Waals surface area (Å²) in [6.07, 6.45) is 9.53. The van der Waals surface area contributed by atoms with Gasteiger partial charge in [0.1, 0.15) is 23.4 Å². The van der Waals surface area contributed by atoms with Crippen molar-refractivity contribution in [1.29, 1.82) is 0 Å². The molecule has 0 radical (unpaired) electrons. The van der Waals surface area contributed by atoms with Crippen LogP contribution in [0.5, 0.6) is 5.75 Å². The first-order valence-electron chi connectivity index (χ1n) is 21.5. The largest absolute Gasteiger partial charge is 0.494 e. The van der Waals surface area contributed by atoms with Gasteiger partial charge in [0, 0.05) is 68.5 Å². The van der Waals surface area contributed by atoms with Gasteiger partial charge in [0.05, 0.1) is 66.1 Å². The molecule has 3 aromatic carbocycles. The molecule has 5 aromatic rings. The SMILES string of the molecule is O=C1CCC(N2C(=O)c3ccc(OCCCCCC(=O)N4CCC(n5cc(-c6cnc7cccc(-c8cc(F)c(CN9CCOCC9)c(F)c8)c7n6)cn5)CC4)cc3C2=O)C(=O)N1. The number of carbonyl (C=O) groups excluding carboxylic acids is 5. The number of morpholine rings is 1. The molecule has 15 nitrogen and oxygen atoms in total. The summed E-state index contributed by atoms with van der Waals surface area (Å²) < 4.78 is 43.9. The normalized spacial score (nSPS) is 18.6. The number of benzene rings is 3. The van der Waals surface area contributed by atoms with E-state index in [0.717, 1.165) is 29.7 Å². The Hall–Kier alpha value is -6.46. The molecule has 3 fully saturated rings. The number of hydrogen-bond donors (Lipinski definition) is 1. The van der Waals surface area contributed by atoms with E-state index in [9.17, 15) is 24.0 Å². The average Bonchev–Trinajstić information content (AvgIpc) is 3.88. The molecule has 0 bridgehead atoms. The van der Waals surface area contributed by atoms with Gasteiger partial charge in [0.15, 0.2) is 0 Å². The third kappa shape index (κ3) is 8.80. The van der Waals surface area contributed by atoms with Crippen molar-refractivity contribution >= 4 is 40.6 Å². The third-order valence-electron chi connectivity index (χ3n) is 12.3. The minimum Gasteiger partial charge on any atom is -0.494 e. The standard InChI is InChI=1S/C46H46F2N8O7/c47-36-21-28(22-37(48)35(36)27-53-16-19-62-20-17-53)32-5-4-6-38-43(32)51-39(25-49-38)29-24-50-55(26-29)30-12-14-54(15-13-30)42(58)7-2-1-3-18-63-31-8-9-33-34(23-31)46(61)56(45(33)60)40-10-11-41(57)52-44(40)59/h4-6,8-9,21-26,30,40H,1-3,7,10-20,27H2,(H,52,57,59). The Morgan fingerprint density at radius 3 is 2.40 bits per heavy atom. The summed E-state index contributed by atoms with van der Waals surface area (Å²) >= 11 is 0. The van der Waals surface area contributed by atoms with Crippen molar-refractivity contribution in [3.05, 3.63) is 95.4 Å². The Kier molecular flexibility index (Phi) is 12.0. The fourth-order valence-electron chi connectivity index (χ4n) is 8.79. The van der Waals surface area contributed by atoms with Crippen molar-refractivity contribution in [2.24, 2.45) is 0 Å². The van der Waals surface area contributed by atoms with E-state index in [-0.39, 0.29) is 48.0 Å². The number of rotatable bonds is 13. The third-order valence-corrected chi connectivity index (χ3v) is 12.3. The monoisotopic (exact) mass is 860 g/mol. The number of hydrogen-bond acceptors (Lipinski definition) is 11. The van der Waals surface area contributed by atoms with Crippen LogP contribution in [-0.2, 0) is 25.7 Å². The molecule has 3 saturated heterocycles. The number of ether oxygens (including phenoxy) is 2. The number of carbonyl (C=O) groups is 5. The second-order valence-corrected chi connectivity index (χ2v) is 16.4. The van der Waals surface area contributed by atoms with Crippen LogP contribution in [0.4, 0.5) is 8.78 Å². The minimum absolute atomic E-state index is 0.0363. The number of imide groups is 2. The molecule has 0 saturated carbocycles. The van der Waals surface area contributed by atoms with Crippen LogP contribution in [0.1, 0.15) is 83.7 Å². The van der Waals surface area contributed by atoms with E-state index in [2.05, 4.69) is 15.4 Å². The molecule has 326 valence electrons. The number of likely N-dealkylation sites (tertiary alicyclic amines) is 1. The molecule has 17 heteroatoms. The Morgan fingerprint density at radius 1 is 0.841 bits per heavy atom. The van der Waals surface area contributed by atoms with E-state index < -0.39 is 41.3 Å². The van der Waals surface area contributed by atoms with Crippen LogP contribution in [0, 0.1) is 11.6 Å². The van der Waals surface area contributed by atoms with Crippen molar-refractivity contribution in [1.82, 2.24) is 39.8 Å². The summed E-state index contributed by atoms with van der Waals surface area (Å²) in [5.41, 5.74) is 3.82. The summed E-state index contributed by atoms with van der Waals surface area (Å²) in [5, 5.41) is 6.84. The summed E-state index contributed by atoms with van der Waals surface area (Å²) in [4.78, 5) is 77.4. The Morgan fingerprint density at radius 2 is 1.62 bits per heavy atom. The van der Waals surface area contributed by atoms with E-state index in [1.165, 1.54) is 24.3 Å². The number of para-hydroxylation sites is 1. The van der Waals surface area contributed by atoms with Crippen LogP contribution >= 0.6 is 0 Å². The quantitative estimate of drug-likeness (QED) is 0.118. The lowest BCUT2D eigenvalue weighted by atomic mass is 10.0. The van der Waals surface area contributed by atoms with Crippen LogP contribution in [0.3, 0.4) is 0 Å². The molecule has 63 heavy (non-hydrogen) atoms. The molecule has 5 amide bonds. The highest BCUT2D eigenvalue weighted by Gasteiger charge is 2.44. The van der Waals surface area contributed by atoms with Crippen molar-refractivity contribution in [3.63, 3.8) is 0 Å². The number of halogens is 2. The maximum Gasteiger partial charge on any atom is 0.262 e. The number of fused-ring (bicyclic) bond motifs is 2. The van der Waals surface area contributed by atoms with Gasteiger partial charge in [-0.15, -0.1) is 0 Å². The molecule has 1 N–H and O–H groups in total. The zero-order valence-corrected chi connectivity index (χ0v) is 34.6. The van der Waals surface area contributed by atoms with E-state index in [0.29, 0.717) is 98.9 Å². The molecule has 1 atom stereocenters. The lowest BCUT2D eigenvalue weighted by Crippen LogP contribution is -2.54. The second kappa shape index (κ2) is 18.1. The first kappa shape index (κ1) is 41.9. The number of nitrogens with one attached hydrogen (secondary N) is 1. The fourth-order valence-corrected chi connectivity index (χ4v) is 8.79. The summed E-state index contributed by atoms with van der Waals surface area (Å²) in [5.74, 6) is -2.92. The molecule has 6 heterocycles. The van der Waals surface area contributed by atoms with Crippen molar-refractivity contribution in [3.8, 4) is 28.1 Å². The lowest BCUT2D eigenvalue weighted by molar-refractivity contribution is -0.136. The zero-order chi connectivity index (χ0) is 43.6. The predicted molar refractivity (Wildman–Crippen MR) is 224 cm³/mol. The van der Waals surface area contributed by atoms with Crippen molar-refractivity contribution < 1.29 is 42.2 Å². The van der Waals surface area contributed by atoms with E-state index in [1.807, 2.05) is 26.7 Å². The lowest BCUT2D eigenvalue weighted by Gasteiger charge is -2.32. The van der Waals surface area contributed by atoms with Gasteiger partial charge in [-0.25, -0.2) is 13.8 Å². The van der Waals surface area contributed by atoms with Crippen LogP contribution in [-0.4, -0.2) is 116 Å². The minimum atomic E-state index is -1.03. The number of amides is 5. The molecule has 0 aliphatic carbocycles. The topological polar surface area (TPSA) is 169 Å². The van der Waals surface area contributed by atoms with Crippen LogP contribution < -0.4 is 10.1 Å². The van der Waals surface area contributed by atoms with Crippen molar-refractivity contribution in [2.75, 3.05) is 46.0 Å². The summed E-state index contributed by atoms with van der Waals surface area (Å²) in [7, 11) is 0. The molecular formula is C46H46F2N8O7. The Labute approximate surface area is 361 Å². The number of nitrogens with zero attached hydrogens (tertiary/aromatic N) is 7. The van der Waals surface area contributed by atoms with Gasteiger partial charge in [-0.1, -0.05) is 12.1 Å². The summed E-state index contributed by atoms with van der Waals surface area (Å²) in [6.45, 7) is 4.08. The Bertz CT molecular complexity index is 2580. The second-order valence-electron chi connectivity index (χ2n) is 16.4. The molecule has 2 aromatic heterocycles. The summed E-state index contributed by atoms with van der Waals surface area (Å²) in [6, 6.07) is 11.8. The highest BCUT2D eigenvalue weighted by molar-refractivity contribution is 6.23. The van der Waals surface area contributed by atoms with Gasteiger partial charge in [0.2, 0.25) is 17.7 Å². The van der Waals surface area contributed by atoms with E-state index in [4.69, 9.17) is 14.5 Å². The van der Waals surface area contributed by atoms with Gasteiger partial charge in [-0.3, -0.25) is 48.8 Å². The number of aromatic nitrogens is 4. The highest BCUT2D eigenvalue weighted by atomic mass is 19.1. The van der Waals surface area contributed by atoms with E-state index >= 15 is 8.78 Å². The Balaban J connectivity index is 0.739. The number of piperidine rings is 2. The molecular weight excluding hydrogens is 815 g/mol. The van der Waals surface area contributed by atoms with Gasteiger partial charge >= 0.3 is 0 Å². The smallest absolute Gasteiger partial charge is 0.262 e. The highest BCUT2D eigenvalue weighted by Crippen LogP contribution is 2.33. The van der Waals surface area contributed by atoms with Crippen molar-refractivity contribution in [2.45, 2.75) is 70.0 Å². The predicted octanol–water partition coefficient (Wildman–Crippen LogP) is 5.47. The zero-order valence-electron chi connectivity index (χ0n) is 34.6. The van der Waals surface area contributed by atoms with Crippen LogP contribution in [0.25, 0.3) is 33.4 Å². The van der Waals surface area contributed by atoms with Crippen LogP contribution in [0.2, 0.25) is 0 Å². The molecule has 0 spiro atoms. The van der Waals surface area contributed by atoms with Gasteiger partial charge < -0.3 is 14.4 Å². The first-order chi connectivity index (χ1) is 30.6. The fraction of sp³-hybridized carbons (Fsp3) is 0.391. The van der Waals surface area contributed by atoms with Gasteiger partial charge in [-0.2, -0.15) is 5.10 Å². The van der Waals surface area contributed by atoms with E-state index in [1.54, 1.807) is 30.6 Å². The number of unbranched alkanes of at least 4 members (excludes halogenated alkanes) is 2. The molecule has 4 aliphatic heterocycles. The maximum absolute atomic E-state index is 15.4. The van der Waals surface area contributed by atoms with Crippen LogP contribution in [0.15, 0.2) is 67.1 Å². The maximum atomic E-state index is 15.4.